The number of hydrogen-bond donors (Lipinski definition) is 0. The summed E-state index contributed by atoms with van der Waals surface area (Å²) in [6.45, 7) is -0.208. The largest absolute Gasteiger partial charge is 0.293 e. The molecule has 1 fully saturated rings. The van der Waals surface area contributed by atoms with Gasteiger partial charge in [-0.3, -0.25) is 24.6 Å². The van der Waals surface area contributed by atoms with Gasteiger partial charge in [0.05, 0.1) is 27.0 Å². The number of thioether (sulfide) groups is 1. The maximum Gasteiger partial charge on any atom is 0.293 e. The average molecular weight is 535 g/mol. The second-order valence-electron chi connectivity index (χ2n) is 7.65. The Kier molecular flexibility index (Phi) is 6.79. The second kappa shape index (κ2) is 10.3. The Bertz CT molecular complexity index is 1560. The molecule has 3 aromatic carbocycles. The number of nitro benzene ring substituents is 1. The summed E-state index contributed by atoms with van der Waals surface area (Å²) in [5.74, 6) is -1.12. The molecule has 2 amide bonds. The minimum absolute atomic E-state index is 0.0871. The van der Waals surface area contributed by atoms with E-state index < -0.39 is 21.9 Å². The normalized spacial score (nSPS) is 14.5. The van der Waals surface area contributed by atoms with Gasteiger partial charge >= 0.3 is 0 Å². The van der Waals surface area contributed by atoms with Gasteiger partial charge in [-0.1, -0.05) is 42.5 Å². The molecular weight excluding hydrogens is 519 g/mol. The molecule has 5 rings (SSSR count). The minimum atomic E-state index is -0.596. The molecule has 0 saturated carbocycles. The number of rotatable bonds is 7. The van der Waals surface area contributed by atoms with E-state index >= 15 is 0 Å². The number of aromatic nitrogens is 4. The monoisotopic (exact) mass is 534 g/mol. The van der Waals surface area contributed by atoms with Crippen LogP contribution in [0.3, 0.4) is 0 Å². The van der Waals surface area contributed by atoms with E-state index in [1.807, 2.05) is 18.2 Å². The first-order valence-electron chi connectivity index (χ1n) is 10.7. The Morgan fingerprint density at radius 1 is 1.05 bits per heavy atom. The van der Waals surface area contributed by atoms with Crippen LogP contribution in [0, 0.1) is 15.9 Å². The predicted octanol–water partition coefficient (Wildman–Crippen LogP) is 5.10. The number of hydrogen-bond acceptors (Lipinski definition) is 9. The summed E-state index contributed by atoms with van der Waals surface area (Å²) in [6.07, 6.45) is 1.40. The van der Waals surface area contributed by atoms with Crippen molar-refractivity contribution in [3.63, 3.8) is 0 Å². The van der Waals surface area contributed by atoms with E-state index in [1.165, 1.54) is 41.1 Å². The quantitative estimate of drug-likeness (QED) is 0.181. The van der Waals surface area contributed by atoms with Crippen molar-refractivity contribution in [1.82, 2.24) is 25.1 Å². The molecule has 1 aliphatic rings. The number of para-hydroxylation sites is 1. The molecule has 0 atom stereocenters. The molecule has 184 valence electrons. The van der Waals surface area contributed by atoms with E-state index in [9.17, 15) is 24.1 Å². The Morgan fingerprint density at radius 2 is 1.81 bits per heavy atom. The molecule has 1 aliphatic heterocycles. The van der Waals surface area contributed by atoms with Crippen molar-refractivity contribution in [2.45, 2.75) is 16.6 Å². The average Bonchev–Trinajstić information content (AvgIpc) is 3.46. The molecule has 0 spiro atoms. The lowest BCUT2D eigenvalue weighted by Crippen LogP contribution is -2.27. The first-order valence-corrected chi connectivity index (χ1v) is 12.3. The number of tetrazole rings is 1. The lowest BCUT2D eigenvalue weighted by atomic mass is 10.1. The number of nitrogens with zero attached hydrogens (tertiary/aromatic N) is 6. The second-order valence-corrected chi connectivity index (χ2v) is 9.66. The van der Waals surface area contributed by atoms with Crippen molar-refractivity contribution < 1.29 is 18.9 Å². The number of carbonyl (C=O) groups excluding carboxylic acids is 2. The van der Waals surface area contributed by atoms with Crippen LogP contribution in [0.1, 0.15) is 11.1 Å². The van der Waals surface area contributed by atoms with Crippen molar-refractivity contribution in [3.8, 4) is 5.69 Å². The molecule has 0 bridgehead atoms. The van der Waals surface area contributed by atoms with Crippen LogP contribution < -0.4 is 0 Å². The van der Waals surface area contributed by atoms with Crippen molar-refractivity contribution in [2.24, 2.45) is 0 Å². The van der Waals surface area contributed by atoms with Crippen LogP contribution >= 0.6 is 23.5 Å². The van der Waals surface area contributed by atoms with Crippen molar-refractivity contribution >= 4 is 46.4 Å². The van der Waals surface area contributed by atoms with Crippen LogP contribution in [-0.2, 0) is 11.3 Å². The lowest BCUT2D eigenvalue weighted by Gasteiger charge is -2.12. The topological polar surface area (TPSA) is 124 Å². The van der Waals surface area contributed by atoms with Gasteiger partial charge in [-0.2, -0.15) is 4.68 Å². The third kappa shape index (κ3) is 5.13. The van der Waals surface area contributed by atoms with E-state index in [-0.39, 0.29) is 22.7 Å². The molecule has 10 nitrogen and oxygen atoms in total. The van der Waals surface area contributed by atoms with Crippen LogP contribution in [-0.4, -0.2) is 41.2 Å². The van der Waals surface area contributed by atoms with Crippen LogP contribution in [0.5, 0.6) is 0 Å². The lowest BCUT2D eigenvalue weighted by molar-refractivity contribution is -0.387. The highest BCUT2D eigenvalue weighted by molar-refractivity contribution is 8.18. The summed E-state index contributed by atoms with van der Waals surface area (Å²) < 4.78 is 15.5. The van der Waals surface area contributed by atoms with Crippen molar-refractivity contribution in [2.75, 3.05) is 0 Å². The van der Waals surface area contributed by atoms with Gasteiger partial charge in [-0.05, 0) is 69.9 Å². The fraction of sp³-hybridized carbons (Fsp3) is 0.0417. The van der Waals surface area contributed by atoms with E-state index in [1.54, 1.807) is 24.3 Å². The molecule has 1 saturated heterocycles. The van der Waals surface area contributed by atoms with Gasteiger partial charge in [-0.15, -0.1) is 5.10 Å². The number of halogens is 1. The summed E-state index contributed by atoms with van der Waals surface area (Å²) in [5, 5.41) is 23.2. The predicted molar refractivity (Wildman–Crippen MR) is 134 cm³/mol. The first kappa shape index (κ1) is 24.3. The molecule has 0 unspecified atom stereocenters. The number of benzene rings is 3. The smallest absolute Gasteiger partial charge is 0.268 e. The van der Waals surface area contributed by atoms with E-state index in [2.05, 4.69) is 15.5 Å². The molecular formula is C24H15FN6O4S2. The first-order chi connectivity index (χ1) is 17.9. The summed E-state index contributed by atoms with van der Waals surface area (Å²) in [6, 6.07) is 19.4. The van der Waals surface area contributed by atoms with Gasteiger partial charge in [0.25, 0.3) is 16.8 Å². The summed E-state index contributed by atoms with van der Waals surface area (Å²) in [4.78, 5) is 37.9. The van der Waals surface area contributed by atoms with Gasteiger partial charge in [0.2, 0.25) is 5.16 Å². The zero-order valence-electron chi connectivity index (χ0n) is 18.7. The van der Waals surface area contributed by atoms with Crippen LogP contribution in [0.2, 0.25) is 0 Å². The highest BCUT2D eigenvalue weighted by atomic mass is 32.2. The highest BCUT2D eigenvalue weighted by Gasteiger charge is 2.35. The molecule has 1 aromatic heterocycles. The fourth-order valence-electron chi connectivity index (χ4n) is 3.51. The maximum atomic E-state index is 14.0. The van der Waals surface area contributed by atoms with Gasteiger partial charge in [0.15, 0.2) is 0 Å². The molecule has 2 heterocycles. The van der Waals surface area contributed by atoms with E-state index in [0.717, 1.165) is 16.7 Å². The SMILES string of the molecule is O=C1S/C(=C\c2ccc(Sc3nnnn3-c3ccccc3)c([N+](=O)[O-])c2)C(=O)N1Cc1ccccc1F. The Hall–Kier alpha value is -4.36. The number of nitro groups is 1. The zero-order chi connectivity index (χ0) is 25.9. The van der Waals surface area contributed by atoms with Gasteiger partial charge in [-0.25, -0.2) is 4.39 Å². The standard InChI is InChI=1S/C24H15FN6O4S2/c25-18-9-5-4-6-16(18)14-29-22(32)21(37-24(29)33)13-15-10-11-20(19(12-15)31(34)35)36-23-26-27-28-30(23)17-7-2-1-3-8-17/h1-13H,14H2/b21-13-. The summed E-state index contributed by atoms with van der Waals surface area (Å²) in [5.41, 5.74) is 1.04. The minimum Gasteiger partial charge on any atom is -0.268 e. The van der Waals surface area contributed by atoms with Crippen LogP contribution in [0.4, 0.5) is 14.9 Å². The van der Waals surface area contributed by atoms with Crippen LogP contribution in [0.25, 0.3) is 11.8 Å². The van der Waals surface area contributed by atoms with E-state index in [4.69, 9.17) is 0 Å². The van der Waals surface area contributed by atoms with Gasteiger partial charge in [0, 0.05) is 11.6 Å². The highest BCUT2D eigenvalue weighted by Crippen LogP contribution is 2.37. The molecule has 0 aliphatic carbocycles. The zero-order valence-corrected chi connectivity index (χ0v) is 20.4. The third-order valence-corrected chi connectivity index (χ3v) is 7.19. The molecule has 0 N–H and O–H groups in total. The maximum absolute atomic E-state index is 14.0. The Balaban J connectivity index is 1.40. The van der Waals surface area contributed by atoms with Gasteiger partial charge < -0.3 is 0 Å². The van der Waals surface area contributed by atoms with Crippen molar-refractivity contribution in [1.29, 1.82) is 0 Å². The molecule has 13 heteroatoms. The van der Waals surface area contributed by atoms with Crippen molar-refractivity contribution in [3.05, 3.63) is 105 Å². The Labute approximate surface area is 217 Å². The number of amides is 2. The summed E-state index contributed by atoms with van der Waals surface area (Å²) in [7, 11) is 0. The molecule has 4 aromatic rings. The number of imide groups is 1. The summed E-state index contributed by atoms with van der Waals surface area (Å²) >= 11 is 1.72. The Morgan fingerprint density at radius 3 is 2.57 bits per heavy atom. The van der Waals surface area contributed by atoms with Gasteiger partial charge in [0.1, 0.15) is 5.82 Å². The molecule has 0 radical (unpaired) electrons. The fourth-order valence-corrected chi connectivity index (χ4v) is 5.22. The van der Waals surface area contributed by atoms with E-state index in [0.29, 0.717) is 33.1 Å². The van der Waals surface area contributed by atoms with Crippen LogP contribution in [0.15, 0.2) is 87.8 Å². The number of carbonyl (C=O) groups is 2. The molecule has 37 heavy (non-hydrogen) atoms. The third-order valence-electron chi connectivity index (χ3n) is 5.28.